The molecule has 0 saturated carbocycles. The van der Waals surface area contributed by atoms with E-state index in [1.54, 1.807) is 0 Å². The largest absolute Gasteiger partial charge is 0.508 e. The van der Waals surface area contributed by atoms with Gasteiger partial charge in [0, 0.05) is 6.42 Å². The van der Waals surface area contributed by atoms with Crippen molar-refractivity contribution in [2.24, 2.45) is 0 Å². The van der Waals surface area contributed by atoms with Gasteiger partial charge in [-0.2, -0.15) is 0 Å². The Morgan fingerprint density at radius 1 is 1.31 bits per heavy atom. The maximum absolute atomic E-state index is 11.7. The predicted molar refractivity (Wildman–Crippen MR) is 62.8 cm³/mol. The first kappa shape index (κ1) is 12.3. The van der Waals surface area contributed by atoms with Crippen molar-refractivity contribution in [2.45, 2.75) is 25.7 Å². The molecular weight excluding hydrogens is 204 g/mol. The molecule has 0 atom stereocenters. The summed E-state index contributed by atoms with van der Waals surface area (Å²) in [5.74, 6) is -0.226. The van der Waals surface area contributed by atoms with E-state index in [1.165, 1.54) is 18.2 Å². The number of Topliss-reactive ketones (excluding diaryl/α,β-unsaturated/α-hetero) is 1. The van der Waals surface area contributed by atoms with Gasteiger partial charge in [0.05, 0.1) is 5.56 Å². The van der Waals surface area contributed by atoms with Crippen molar-refractivity contribution in [3.63, 3.8) is 0 Å². The average Bonchev–Trinajstić information content (AvgIpc) is 2.27. The SMILES string of the molecule is C=CCCCCC(=O)c1cc(O)ccc1O. The summed E-state index contributed by atoms with van der Waals surface area (Å²) in [5, 5.41) is 18.7. The van der Waals surface area contributed by atoms with E-state index >= 15 is 0 Å². The molecule has 0 spiro atoms. The highest BCUT2D eigenvalue weighted by Gasteiger charge is 2.11. The van der Waals surface area contributed by atoms with Crippen LogP contribution in [0.1, 0.15) is 36.0 Å². The van der Waals surface area contributed by atoms with Crippen molar-refractivity contribution >= 4 is 5.78 Å². The van der Waals surface area contributed by atoms with Crippen LogP contribution in [0.5, 0.6) is 11.5 Å². The molecule has 0 bridgehead atoms. The van der Waals surface area contributed by atoms with Crippen LogP contribution in [0.2, 0.25) is 0 Å². The monoisotopic (exact) mass is 220 g/mol. The summed E-state index contributed by atoms with van der Waals surface area (Å²) in [5.41, 5.74) is 0.193. The van der Waals surface area contributed by atoms with Gasteiger partial charge in [0.15, 0.2) is 5.78 Å². The van der Waals surface area contributed by atoms with Crippen LogP contribution in [0, 0.1) is 0 Å². The molecule has 0 radical (unpaired) electrons. The summed E-state index contributed by atoms with van der Waals surface area (Å²) < 4.78 is 0. The summed E-state index contributed by atoms with van der Waals surface area (Å²) in [7, 11) is 0. The number of carbonyl (C=O) groups excluding carboxylic acids is 1. The van der Waals surface area contributed by atoms with Crippen LogP contribution < -0.4 is 0 Å². The third-order valence-corrected chi connectivity index (χ3v) is 2.34. The molecule has 3 heteroatoms. The number of ketones is 1. The van der Waals surface area contributed by atoms with Gasteiger partial charge in [-0.15, -0.1) is 6.58 Å². The molecule has 0 aliphatic rings. The predicted octanol–water partition coefficient (Wildman–Crippen LogP) is 3.03. The van der Waals surface area contributed by atoms with Crippen LogP contribution in [-0.2, 0) is 0 Å². The first-order valence-electron chi connectivity index (χ1n) is 5.31. The van der Waals surface area contributed by atoms with Crippen molar-refractivity contribution in [2.75, 3.05) is 0 Å². The van der Waals surface area contributed by atoms with Gasteiger partial charge in [-0.05, 0) is 37.5 Å². The summed E-state index contributed by atoms with van der Waals surface area (Å²) in [4.78, 5) is 11.7. The van der Waals surface area contributed by atoms with Crippen LogP contribution in [0.3, 0.4) is 0 Å². The van der Waals surface area contributed by atoms with E-state index < -0.39 is 0 Å². The minimum Gasteiger partial charge on any atom is -0.508 e. The quantitative estimate of drug-likeness (QED) is 0.335. The van der Waals surface area contributed by atoms with Crippen LogP contribution in [-0.4, -0.2) is 16.0 Å². The fourth-order valence-corrected chi connectivity index (χ4v) is 1.46. The Hall–Kier alpha value is -1.77. The standard InChI is InChI=1S/C13H16O3/c1-2-3-4-5-6-12(15)11-9-10(14)7-8-13(11)16/h2,7-9,14,16H,1,3-6H2. The van der Waals surface area contributed by atoms with Crippen molar-refractivity contribution in [1.82, 2.24) is 0 Å². The summed E-state index contributed by atoms with van der Waals surface area (Å²) in [6, 6.07) is 3.97. The van der Waals surface area contributed by atoms with Crippen molar-refractivity contribution in [3.8, 4) is 11.5 Å². The van der Waals surface area contributed by atoms with Crippen LogP contribution >= 0.6 is 0 Å². The smallest absolute Gasteiger partial charge is 0.166 e. The lowest BCUT2D eigenvalue weighted by Crippen LogP contribution is -1.99. The van der Waals surface area contributed by atoms with E-state index in [0.29, 0.717) is 6.42 Å². The Kier molecular flexibility index (Phi) is 4.58. The third kappa shape index (κ3) is 3.42. The number of rotatable bonds is 6. The van der Waals surface area contributed by atoms with E-state index in [9.17, 15) is 15.0 Å². The molecule has 1 aromatic carbocycles. The molecule has 2 N–H and O–H groups in total. The molecule has 16 heavy (non-hydrogen) atoms. The normalized spacial score (nSPS) is 10.0. The minimum atomic E-state index is -0.141. The molecule has 0 unspecified atom stereocenters. The molecule has 0 saturated heterocycles. The lowest BCUT2D eigenvalue weighted by Gasteiger charge is -2.04. The number of carbonyl (C=O) groups is 1. The summed E-state index contributed by atoms with van der Waals surface area (Å²) >= 11 is 0. The first-order valence-corrected chi connectivity index (χ1v) is 5.31. The number of benzene rings is 1. The molecular formula is C13H16O3. The highest BCUT2D eigenvalue weighted by molar-refractivity contribution is 5.98. The minimum absolute atomic E-state index is 0.00718. The van der Waals surface area contributed by atoms with Crippen molar-refractivity contribution < 1.29 is 15.0 Å². The van der Waals surface area contributed by atoms with E-state index in [1.807, 2.05) is 6.08 Å². The van der Waals surface area contributed by atoms with Gasteiger partial charge in [0.1, 0.15) is 11.5 Å². The van der Waals surface area contributed by atoms with E-state index in [4.69, 9.17) is 0 Å². The second-order valence-electron chi connectivity index (χ2n) is 3.66. The van der Waals surface area contributed by atoms with Gasteiger partial charge >= 0.3 is 0 Å². The molecule has 0 aliphatic heterocycles. The Bertz CT molecular complexity index is 383. The van der Waals surface area contributed by atoms with E-state index in [-0.39, 0.29) is 22.8 Å². The molecule has 3 nitrogen and oxygen atoms in total. The Labute approximate surface area is 95.0 Å². The number of hydrogen-bond donors (Lipinski definition) is 2. The molecule has 0 fully saturated rings. The topological polar surface area (TPSA) is 57.5 Å². The second-order valence-corrected chi connectivity index (χ2v) is 3.66. The van der Waals surface area contributed by atoms with E-state index in [0.717, 1.165) is 19.3 Å². The van der Waals surface area contributed by atoms with Gasteiger partial charge < -0.3 is 10.2 Å². The zero-order chi connectivity index (χ0) is 12.0. The van der Waals surface area contributed by atoms with Crippen LogP contribution in [0.25, 0.3) is 0 Å². The highest BCUT2D eigenvalue weighted by Crippen LogP contribution is 2.23. The third-order valence-electron chi connectivity index (χ3n) is 2.34. The molecule has 1 rings (SSSR count). The number of aromatic hydroxyl groups is 2. The van der Waals surface area contributed by atoms with Gasteiger partial charge in [-0.25, -0.2) is 0 Å². The number of phenols is 2. The highest BCUT2D eigenvalue weighted by atomic mass is 16.3. The van der Waals surface area contributed by atoms with Crippen LogP contribution in [0.15, 0.2) is 30.9 Å². The molecule has 0 aromatic heterocycles. The zero-order valence-corrected chi connectivity index (χ0v) is 9.15. The molecule has 0 aliphatic carbocycles. The Balaban J connectivity index is 2.58. The van der Waals surface area contributed by atoms with Gasteiger partial charge in [-0.1, -0.05) is 6.08 Å². The number of allylic oxidation sites excluding steroid dienone is 1. The first-order chi connectivity index (χ1) is 7.65. The maximum atomic E-state index is 11.7. The maximum Gasteiger partial charge on any atom is 0.166 e. The average molecular weight is 220 g/mol. The van der Waals surface area contributed by atoms with Crippen molar-refractivity contribution in [1.29, 1.82) is 0 Å². The lowest BCUT2D eigenvalue weighted by atomic mass is 10.0. The summed E-state index contributed by atoms with van der Waals surface area (Å²) in [6.07, 6.45) is 4.76. The van der Waals surface area contributed by atoms with Gasteiger partial charge in [0.25, 0.3) is 0 Å². The van der Waals surface area contributed by atoms with Gasteiger partial charge in [0.2, 0.25) is 0 Å². The molecule has 0 heterocycles. The number of hydrogen-bond acceptors (Lipinski definition) is 3. The molecule has 1 aromatic rings. The lowest BCUT2D eigenvalue weighted by molar-refractivity contribution is 0.0976. The number of phenolic OH excluding ortho intramolecular Hbond substituents is 2. The second kappa shape index (κ2) is 5.95. The van der Waals surface area contributed by atoms with Gasteiger partial charge in [-0.3, -0.25) is 4.79 Å². The fraction of sp³-hybridized carbons (Fsp3) is 0.308. The molecule has 0 amide bonds. The Morgan fingerprint density at radius 2 is 2.06 bits per heavy atom. The van der Waals surface area contributed by atoms with Crippen LogP contribution in [0.4, 0.5) is 0 Å². The summed E-state index contributed by atoms with van der Waals surface area (Å²) in [6.45, 7) is 3.60. The molecule has 86 valence electrons. The van der Waals surface area contributed by atoms with Crippen molar-refractivity contribution in [3.05, 3.63) is 36.4 Å². The van der Waals surface area contributed by atoms with E-state index in [2.05, 4.69) is 6.58 Å². The zero-order valence-electron chi connectivity index (χ0n) is 9.15. The fourth-order valence-electron chi connectivity index (χ4n) is 1.46. The Morgan fingerprint density at radius 3 is 2.75 bits per heavy atom. The number of unbranched alkanes of at least 4 members (excludes halogenated alkanes) is 2.